The van der Waals surface area contributed by atoms with Crippen molar-refractivity contribution in [1.29, 1.82) is 0 Å². The summed E-state index contributed by atoms with van der Waals surface area (Å²) < 4.78 is 9.67. The molecule has 5 rings (SSSR count). The van der Waals surface area contributed by atoms with E-state index in [1.807, 2.05) is 91.9 Å². The van der Waals surface area contributed by atoms with Gasteiger partial charge in [-0.3, -0.25) is 18.5 Å². The molecule has 38 heavy (non-hydrogen) atoms. The molecular formula is C29H28N6O3. The molecule has 0 saturated carbocycles. The fraction of sp³-hybridized carbons (Fsp3) is 0.172. The number of methoxy groups -OCH3 is 1. The Morgan fingerprint density at radius 2 is 1.45 bits per heavy atom. The zero-order valence-corrected chi connectivity index (χ0v) is 21.5. The van der Waals surface area contributed by atoms with Crippen LogP contribution in [0.1, 0.15) is 23.6 Å². The van der Waals surface area contributed by atoms with E-state index < -0.39 is 11.2 Å². The van der Waals surface area contributed by atoms with Crippen LogP contribution in [0, 0.1) is 0 Å². The zero-order chi connectivity index (χ0) is 26.6. The summed E-state index contributed by atoms with van der Waals surface area (Å²) in [5.74, 6) is 1.12. The number of hydrogen-bond acceptors (Lipinski definition) is 6. The summed E-state index contributed by atoms with van der Waals surface area (Å²) in [6, 6.07) is 26.8. The van der Waals surface area contributed by atoms with Crippen molar-refractivity contribution in [1.82, 2.24) is 18.7 Å². The van der Waals surface area contributed by atoms with E-state index in [-0.39, 0.29) is 6.54 Å². The minimum atomic E-state index is -0.430. The molecule has 0 amide bonds. The second-order valence-corrected chi connectivity index (χ2v) is 8.94. The van der Waals surface area contributed by atoms with E-state index in [1.165, 1.54) is 9.13 Å². The molecule has 9 nitrogen and oxygen atoms in total. The monoisotopic (exact) mass is 508 g/mol. The molecule has 0 spiro atoms. The van der Waals surface area contributed by atoms with Crippen LogP contribution in [0.3, 0.4) is 0 Å². The standard InChI is InChI=1S/C29H28N6O3/c1-20(23-14-16-24(38-3)17-15-23)31-32-28-30-26-25(34(28)18-21-10-6-4-7-11-21)27(36)35(29(37)33(26)2)19-22-12-8-5-9-13-22/h4-17H,18-19H2,1-3H3,(H,30,32)/b31-20-. The minimum Gasteiger partial charge on any atom is -0.497 e. The summed E-state index contributed by atoms with van der Waals surface area (Å²) in [4.78, 5) is 31.6. The van der Waals surface area contributed by atoms with Crippen molar-refractivity contribution >= 4 is 22.8 Å². The molecule has 2 aromatic heterocycles. The number of aromatic nitrogens is 4. The maximum Gasteiger partial charge on any atom is 0.332 e. The Morgan fingerprint density at radius 3 is 2.03 bits per heavy atom. The SMILES string of the molecule is COc1ccc(/C(C)=N\Nc2nc3c(c(=O)n(Cc4ccccc4)c(=O)n3C)n2Cc2ccccc2)cc1. The second kappa shape index (κ2) is 10.6. The number of anilines is 1. The molecule has 5 aromatic rings. The van der Waals surface area contributed by atoms with E-state index in [1.54, 1.807) is 18.7 Å². The second-order valence-electron chi connectivity index (χ2n) is 8.94. The van der Waals surface area contributed by atoms with Gasteiger partial charge in [0.1, 0.15) is 5.75 Å². The number of nitrogens with one attached hydrogen (secondary N) is 1. The summed E-state index contributed by atoms with van der Waals surface area (Å²) in [7, 11) is 3.25. The van der Waals surface area contributed by atoms with Crippen LogP contribution >= 0.6 is 0 Å². The van der Waals surface area contributed by atoms with Gasteiger partial charge in [0, 0.05) is 7.05 Å². The molecule has 3 aromatic carbocycles. The molecule has 1 N–H and O–H groups in total. The average molecular weight is 509 g/mol. The predicted octanol–water partition coefficient (Wildman–Crippen LogP) is 3.84. The van der Waals surface area contributed by atoms with Gasteiger partial charge in [-0.1, -0.05) is 60.7 Å². The largest absolute Gasteiger partial charge is 0.497 e. The number of imidazole rings is 1. The van der Waals surface area contributed by atoms with Crippen LogP contribution < -0.4 is 21.4 Å². The Balaban J connectivity index is 1.62. The van der Waals surface area contributed by atoms with Gasteiger partial charge in [0.25, 0.3) is 5.56 Å². The van der Waals surface area contributed by atoms with Crippen molar-refractivity contribution in [2.75, 3.05) is 12.5 Å². The van der Waals surface area contributed by atoms with Gasteiger partial charge in [0.2, 0.25) is 5.95 Å². The van der Waals surface area contributed by atoms with Crippen LogP contribution in [0.4, 0.5) is 5.95 Å². The molecule has 0 fully saturated rings. The highest BCUT2D eigenvalue weighted by molar-refractivity contribution is 5.99. The Bertz CT molecular complexity index is 1720. The zero-order valence-electron chi connectivity index (χ0n) is 21.5. The van der Waals surface area contributed by atoms with Gasteiger partial charge >= 0.3 is 5.69 Å². The number of aryl methyl sites for hydroxylation is 1. The third-order valence-corrected chi connectivity index (χ3v) is 6.43. The number of benzene rings is 3. The normalized spacial score (nSPS) is 11.6. The summed E-state index contributed by atoms with van der Waals surface area (Å²) in [5.41, 5.74) is 6.29. The van der Waals surface area contributed by atoms with E-state index in [9.17, 15) is 9.59 Å². The van der Waals surface area contributed by atoms with Gasteiger partial charge in [0.05, 0.1) is 25.9 Å². The van der Waals surface area contributed by atoms with Gasteiger partial charge < -0.3 is 4.74 Å². The highest BCUT2D eigenvalue weighted by atomic mass is 16.5. The maximum absolute atomic E-state index is 13.8. The highest BCUT2D eigenvalue weighted by Crippen LogP contribution is 2.19. The molecule has 192 valence electrons. The first-order chi connectivity index (χ1) is 18.5. The number of fused-ring (bicyclic) bond motifs is 1. The summed E-state index contributed by atoms with van der Waals surface area (Å²) in [6.45, 7) is 2.41. The highest BCUT2D eigenvalue weighted by Gasteiger charge is 2.21. The van der Waals surface area contributed by atoms with Crippen molar-refractivity contribution in [3.63, 3.8) is 0 Å². The number of ether oxygens (including phenoxy) is 1. The lowest BCUT2D eigenvalue weighted by atomic mass is 10.1. The lowest BCUT2D eigenvalue weighted by Gasteiger charge is -2.11. The van der Waals surface area contributed by atoms with Crippen molar-refractivity contribution in [2.45, 2.75) is 20.0 Å². The molecule has 0 aliphatic carbocycles. The number of nitrogens with zero attached hydrogens (tertiary/aromatic N) is 5. The van der Waals surface area contributed by atoms with E-state index in [0.29, 0.717) is 23.7 Å². The molecule has 0 bridgehead atoms. The average Bonchev–Trinajstić information content (AvgIpc) is 3.32. The lowest BCUT2D eigenvalue weighted by Crippen LogP contribution is -2.40. The predicted molar refractivity (Wildman–Crippen MR) is 149 cm³/mol. The molecule has 0 aliphatic rings. The van der Waals surface area contributed by atoms with Gasteiger partial charge in [0.15, 0.2) is 11.2 Å². The fourth-order valence-electron chi connectivity index (χ4n) is 4.31. The van der Waals surface area contributed by atoms with Crippen LogP contribution in [-0.4, -0.2) is 31.5 Å². The Kier molecular flexibility index (Phi) is 6.90. The molecule has 0 aliphatic heterocycles. The first-order valence-corrected chi connectivity index (χ1v) is 12.2. The van der Waals surface area contributed by atoms with E-state index >= 15 is 0 Å². The third kappa shape index (κ3) is 4.86. The quantitative estimate of drug-likeness (QED) is 0.254. The summed E-state index contributed by atoms with van der Waals surface area (Å²) in [5, 5.41) is 4.54. The molecule has 0 saturated heterocycles. The van der Waals surface area contributed by atoms with Crippen molar-refractivity contribution in [3.8, 4) is 5.75 Å². The number of rotatable bonds is 8. The Morgan fingerprint density at radius 1 is 0.868 bits per heavy atom. The fourth-order valence-corrected chi connectivity index (χ4v) is 4.31. The molecular weight excluding hydrogens is 480 g/mol. The minimum absolute atomic E-state index is 0.163. The number of hydrogen-bond donors (Lipinski definition) is 1. The first-order valence-electron chi connectivity index (χ1n) is 12.2. The van der Waals surface area contributed by atoms with Gasteiger partial charge in [-0.2, -0.15) is 10.1 Å². The van der Waals surface area contributed by atoms with Crippen LogP contribution in [0.15, 0.2) is 99.6 Å². The Labute approximate surface area is 219 Å². The molecule has 0 atom stereocenters. The van der Waals surface area contributed by atoms with Crippen LogP contribution in [0.2, 0.25) is 0 Å². The maximum atomic E-state index is 13.8. The smallest absolute Gasteiger partial charge is 0.332 e. The van der Waals surface area contributed by atoms with Crippen LogP contribution in [0.25, 0.3) is 11.2 Å². The van der Waals surface area contributed by atoms with Crippen molar-refractivity contribution < 1.29 is 4.74 Å². The third-order valence-electron chi connectivity index (χ3n) is 6.43. The van der Waals surface area contributed by atoms with Crippen molar-refractivity contribution in [2.24, 2.45) is 12.1 Å². The first kappa shape index (κ1) is 24.8. The van der Waals surface area contributed by atoms with Crippen LogP contribution in [0.5, 0.6) is 5.75 Å². The molecule has 2 heterocycles. The summed E-state index contributed by atoms with van der Waals surface area (Å²) in [6.07, 6.45) is 0. The van der Waals surface area contributed by atoms with Gasteiger partial charge in [-0.25, -0.2) is 10.2 Å². The Hall–Kier alpha value is -4.92. The summed E-state index contributed by atoms with van der Waals surface area (Å²) >= 11 is 0. The van der Waals surface area contributed by atoms with E-state index in [0.717, 1.165) is 28.2 Å². The van der Waals surface area contributed by atoms with Gasteiger partial charge in [-0.15, -0.1) is 0 Å². The van der Waals surface area contributed by atoms with E-state index in [4.69, 9.17) is 4.74 Å². The lowest BCUT2D eigenvalue weighted by molar-refractivity contribution is 0.415. The van der Waals surface area contributed by atoms with Crippen LogP contribution in [-0.2, 0) is 20.1 Å². The van der Waals surface area contributed by atoms with Crippen molar-refractivity contribution in [3.05, 3.63) is 122 Å². The van der Waals surface area contributed by atoms with Gasteiger partial charge in [-0.05, 0) is 47.9 Å². The topological polar surface area (TPSA) is 95.4 Å². The number of hydrazone groups is 1. The molecule has 0 radical (unpaired) electrons. The molecule has 0 unspecified atom stereocenters. The molecule has 9 heteroatoms. The van der Waals surface area contributed by atoms with E-state index in [2.05, 4.69) is 15.5 Å².